The van der Waals surface area contributed by atoms with Crippen molar-refractivity contribution >= 4 is 40.6 Å². The summed E-state index contributed by atoms with van der Waals surface area (Å²) in [4.78, 5) is 23.2. The first-order chi connectivity index (χ1) is 10.1. The average Bonchev–Trinajstić information content (AvgIpc) is 2.91. The van der Waals surface area contributed by atoms with E-state index in [1.54, 1.807) is 17.4 Å². The van der Waals surface area contributed by atoms with Crippen LogP contribution in [-0.2, 0) is 17.8 Å². The highest BCUT2D eigenvalue weighted by molar-refractivity contribution is 7.10. The number of rotatable bonds is 3. The third-order valence-corrected chi connectivity index (χ3v) is 4.51. The van der Waals surface area contributed by atoms with Gasteiger partial charge in [-0.15, -0.1) is 11.3 Å². The number of nitrogens with one attached hydrogen (secondary N) is 1. The fraction of sp³-hybridized carbons (Fsp3) is 0.308. The second kappa shape index (κ2) is 5.87. The first-order valence-electron chi connectivity index (χ1n) is 6.49. The molecular weight excluding hydrogens is 310 g/mol. The summed E-state index contributed by atoms with van der Waals surface area (Å²) in [6, 6.07) is 3.62. The smallest absolute Gasteiger partial charge is 0.242 e. The summed E-state index contributed by atoms with van der Waals surface area (Å²) < 4.78 is 0. The van der Waals surface area contributed by atoms with Gasteiger partial charge >= 0.3 is 0 Å². The summed E-state index contributed by atoms with van der Waals surface area (Å²) in [5.74, 6) is 0.563. The number of anilines is 2. The molecule has 0 radical (unpaired) electrons. The van der Waals surface area contributed by atoms with Crippen LogP contribution in [0.1, 0.15) is 10.4 Å². The molecule has 3 heterocycles. The standard InChI is InChI=1S/C13H14ClN5OS/c14-10-5-11(18-13(15)17-10)16-6-12(20)19-3-1-9-8(7-19)2-4-21-9/h2,4-5H,1,3,6-7H2,(H3,15,16,17,18). The van der Waals surface area contributed by atoms with E-state index < -0.39 is 0 Å². The number of amides is 1. The zero-order chi connectivity index (χ0) is 14.8. The Morgan fingerprint density at radius 2 is 2.38 bits per heavy atom. The van der Waals surface area contributed by atoms with Crippen LogP contribution in [0.25, 0.3) is 0 Å². The highest BCUT2D eigenvalue weighted by atomic mass is 35.5. The molecule has 1 aliphatic heterocycles. The average molecular weight is 324 g/mol. The van der Waals surface area contributed by atoms with E-state index in [1.807, 2.05) is 4.90 Å². The topological polar surface area (TPSA) is 84.1 Å². The number of nitrogens with zero attached hydrogens (tertiary/aromatic N) is 3. The fourth-order valence-corrected chi connectivity index (χ4v) is 3.34. The van der Waals surface area contributed by atoms with Gasteiger partial charge in [-0.05, 0) is 23.4 Å². The van der Waals surface area contributed by atoms with E-state index in [4.69, 9.17) is 17.3 Å². The van der Waals surface area contributed by atoms with Crippen molar-refractivity contribution < 1.29 is 4.79 Å². The van der Waals surface area contributed by atoms with Gasteiger partial charge in [0.25, 0.3) is 0 Å². The third-order valence-electron chi connectivity index (χ3n) is 3.29. The summed E-state index contributed by atoms with van der Waals surface area (Å²) >= 11 is 7.55. The maximum Gasteiger partial charge on any atom is 0.242 e. The Morgan fingerprint density at radius 1 is 1.52 bits per heavy atom. The highest BCUT2D eigenvalue weighted by Crippen LogP contribution is 2.24. The summed E-state index contributed by atoms with van der Waals surface area (Å²) in [6.07, 6.45) is 0.922. The van der Waals surface area contributed by atoms with Gasteiger partial charge in [-0.1, -0.05) is 11.6 Å². The lowest BCUT2D eigenvalue weighted by molar-refractivity contribution is -0.130. The first kappa shape index (κ1) is 14.1. The molecule has 1 amide bonds. The number of thiophene rings is 1. The minimum atomic E-state index is 0.0279. The lowest BCUT2D eigenvalue weighted by atomic mass is 10.1. The van der Waals surface area contributed by atoms with Gasteiger partial charge in [-0.25, -0.2) is 4.98 Å². The van der Waals surface area contributed by atoms with E-state index in [0.717, 1.165) is 13.0 Å². The maximum atomic E-state index is 12.2. The van der Waals surface area contributed by atoms with Crippen LogP contribution >= 0.6 is 22.9 Å². The van der Waals surface area contributed by atoms with Crippen LogP contribution < -0.4 is 11.1 Å². The molecule has 0 aliphatic carbocycles. The van der Waals surface area contributed by atoms with Crippen LogP contribution in [-0.4, -0.2) is 33.9 Å². The van der Waals surface area contributed by atoms with Crippen molar-refractivity contribution in [3.05, 3.63) is 33.1 Å². The molecule has 0 bridgehead atoms. The first-order valence-corrected chi connectivity index (χ1v) is 7.74. The monoisotopic (exact) mass is 323 g/mol. The van der Waals surface area contributed by atoms with Crippen LogP contribution in [0.2, 0.25) is 5.15 Å². The van der Waals surface area contributed by atoms with E-state index in [9.17, 15) is 4.79 Å². The van der Waals surface area contributed by atoms with E-state index in [2.05, 4.69) is 26.7 Å². The predicted molar refractivity (Wildman–Crippen MR) is 83.4 cm³/mol. The molecule has 0 aromatic carbocycles. The van der Waals surface area contributed by atoms with E-state index >= 15 is 0 Å². The van der Waals surface area contributed by atoms with Crippen molar-refractivity contribution in [2.24, 2.45) is 0 Å². The minimum Gasteiger partial charge on any atom is -0.368 e. The van der Waals surface area contributed by atoms with Gasteiger partial charge in [0, 0.05) is 24.0 Å². The molecule has 0 spiro atoms. The van der Waals surface area contributed by atoms with Gasteiger partial charge in [-0.3, -0.25) is 4.79 Å². The van der Waals surface area contributed by atoms with Gasteiger partial charge in [0.15, 0.2) is 0 Å². The number of carbonyl (C=O) groups excluding carboxylic acids is 1. The number of nitrogen functional groups attached to an aromatic ring is 1. The Morgan fingerprint density at radius 3 is 3.19 bits per heavy atom. The lowest BCUT2D eigenvalue weighted by Crippen LogP contribution is -2.38. The van der Waals surface area contributed by atoms with Crippen LogP contribution in [0.3, 0.4) is 0 Å². The zero-order valence-electron chi connectivity index (χ0n) is 11.2. The molecule has 0 saturated heterocycles. The van der Waals surface area contributed by atoms with Gasteiger partial charge in [0.1, 0.15) is 11.0 Å². The van der Waals surface area contributed by atoms with Gasteiger partial charge < -0.3 is 16.0 Å². The van der Waals surface area contributed by atoms with Crippen LogP contribution in [0.4, 0.5) is 11.8 Å². The van der Waals surface area contributed by atoms with Crippen molar-refractivity contribution in [2.45, 2.75) is 13.0 Å². The zero-order valence-corrected chi connectivity index (χ0v) is 12.7. The predicted octanol–water partition coefficient (Wildman–Crippen LogP) is 1.77. The van der Waals surface area contributed by atoms with E-state index in [-0.39, 0.29) is 23.6 Å². The number of halogens is 1. The summed E-state index contributed by atoms with van der Waals surface area (Å²) in [7, 11) is 0. The molecule has 110 valence electrons. The summed E-state index contributed by atoms with van der Waals surface area (Å²) in [6.45, 7) is 1.58. The number of aromatic nitrogens is 2. The molecule has 3 rings (SSSR count). The molecule has 0 saturated carbocycles. The SMILES string of the molecule is Nc1nc(Cl)cc(NCC(=O)N2CCc3sccc3C2)n1. The van der Waals surface area contributed by atoms with Crippen LogP contribution in [0.5, 0.6) is 0 Å². The van der Waals surface area contributed by atoms with Crippen molar-refractivity contribution in [1.29, 1.82) is 0 Å². The minimum absolute atomic E-state index is 0.0279. The number of hydrogen-bond acceptors (Lipinski definition) is 6. The quantitative estimate of drug-likeness (QED) is 0.841. The van der Waals surface area contributed by atoms with E-state index in [1.165, 1.54) is 10.4 Å². The molecule has 3 N–H and O–H groups in total. The third kappa shape index (κ3) is 3.25. The Hall–Kier alpha value is -1.86. The van der Waals surface area contributed by atoms with Crippen molar-refractivity contribution in [2.75, 3.05) is 24.1 Å². The second-order valence-electron chi connectivity index (χ2n) is 4.72. The Kier molecular flexibility index (Phi) is 3.94. The number of fused-ring (bicyclic) bond motifs is 1. The van der Waals surface area contributed by atoms with Gasteiger partial charge in [-0.2, -0.15) is 4.98 Å². The van der Waals surface area contributed by atoms with Crippen molar-refractivity contribution in [3.8, 4) is 0 Å². The molecular formula is C13H14ClN5OS. The van der Waals surface area contributed by atoms with Gasteiger partial charge in [0.2, 0.25) is 11.9 Å². The molecule has 0 atom stereocenters. The molecule has 2 aromatic rings. The van der Waals surface area contributed by atoms with Crippen molar-refractivity contribution in [1.82, 2.24) is 14.9 Å². The largest absolute Gasteiger partial charge is 0.368 e. The second-order valence-corrected chi connectivity index (χ2v) is 6.11. The molecule has 0 fully saturated rings. The number of hydrogen-bond donors (Lipinski definition) is 2. The Labute approximate surface area is 131 Å². The molecule has 2 aromatic heterocycles. The molecule has 21 heavy (non-hydrogen) atoms. The molecule has 0 unspecified atom stereocenters. The summed E-state index contributed by atoms with van der Waals surface area (Å²) in [5.41, 5.74) is 6.75. The normalized spacial score (nSPS) is 13.9. The fourth-order valence-electron chi connectivity index (χ4n) is 2.27. The molecule has 1 aliphatic rings. The van der Waals surface area contributed by atoms with Gasteiger partial charge in [0.05, 0.1) is 6.54 Å². The lowest BCUT2D eigenvalue weighted by Gasteiger charge is -2.27. The highest BCUT2D eigenvalue weighted by Gasteiger charge is 2.21. The summed E-state index contributed by atoms with van der Waals surface area (Å²) in [5, 5.41) is 5.26. The molecule has 6 nitrogen and oxygen atoms in total. The number of nitrogens with two attached hydrogens (primary N) is 1. The van der Waals surface area contributed by atoms with Crippen LogP contribution in [0.15, 0.2) is 17.5 Å². The van der Waals surface area contributed by atoms with E-state index in [0.29, 0.717) is 12.4 Å². The van der Waals surface area contributed by atoms with Crippen molar-refractivity contribution in [3.63, 3.8) is 0 Å². The van der Waals surface area contributed by atoms with Crippen LogP contribution in [0, 0.1) is 0 Å². The Balaban J connectivity index is 1.60. The Bertz CT molecular complexity index is 654. The number of carbonyl (C=O) groups is 1. The molecule has 8 heteroatoms. The maximum absolute atomic E-state index is 12.2.